The van der Waals surface area contributed by atoms with Crippen LogP contribution in [0.5, 0.6) is 11.5 Å². The summed E-state index contributed by atoms with van der Waals surface area (Å²) in [6, 6.07) is 25.5. The Labute approximate surface area is 199 Å². The highest BCUT2D eigenvalue weighted by Gasteiger charge is 2.26. The van der Waals surface area contributed by atoms with E-state index in [2.05, 4.69) is 60.7 Å². The summed E-state index contributed by atoms with van der Waals surface area (Å²) in [4.78, 5) is 0. The fourth-order valence-electron chi connectivity index (χ4n) is 4.87. The summed E-state index contributed by atoms with van der Waals surface area (Å²) in [6.45, 7) is 4.62. The topological polar surface area (TPSA) is 58.9 Å². The highest BCUT2D eigenvalue weighted by atomic mass is 16.5. The first-order chi connectivity index (χ1) is 16.6. The van der Waals surface area contributed by atoms with E-state index in [1.54, 1.807) is 0 Å². The molecule has 0 unspecified atom stereocenters. The summed E-state index contributed by atoms with van der Waals surface area (Å²) < 4.78 is 11.4. The number of hydrogen-bond donors (Lipinski definition) is 2. The fraction of sp³-hybridized carbons (Fsp3) is 0.200. The van der Waals surface area contributed by atoms with Crippen LogP contribution in [0.25, 0.3) is 21.9 Å². The van der Waals surface area contributed by atoms with Crippen LogP contribution in [0.1, 0.15) is 33.4 Å². The van der Waals surface area contributed by atoms with Crippen LogP contribution in [0, 0.1) is 13.8 Å². The van der Waals surface area contributed by atoms with Gasteiger partial charge in [0.25, 0.3) is 0 Å². The van der Waals surface area contributed by atoms with Crippen LogP contribution < -0.4 is 9.47 Å². The predicted molar refractivity (Wildman–Crippen MR) is 136 cm³/mol. The average Bonchev–Trinajstić information content (AvgIpc) is 3.19. The zero-order chi connectivity index (χ0) is 23.7. The third kappa shape index (κ3) is 3.85. The van der Waals surface area contributed by atoms with Crippen molar-refractivity contribution in [1.29, 1.82) is 0 Å². The van der Waals surface area contributed by atoms with Crippen molar-refractivity contribution in [2.45, 2.75) is 13.8 Å². The molecule has 172 valence electrons. The maximum atomic E-state index is 9.13. The Bertz CT molecular complexity index is 1300. The molecule has 0 aliphatic heterocycles. The van der Waals surface area contributed by atoms with E-state index in [0.29, 0.717) is 0 Å². The number of aliphatic hydroxyl groups is 2. The van der Waals surface area contributed by atoms with Gasteiger partial charge in [0.05, 0.1) is 13.2 Å². The minimum absolute atomic E-state index is 0.00877. The predicted octanol–water partition coefficient (Wildman–Crippen LogP) is 5.52. The van der Waals surface area contributed by atoms with Gasteiger partial charge in [-0.2, -0.15) is 0 Å². The maximum Gasteiger partial charge on any atom is 0.122 e. The summed E-state index contributed by atoms with van der Waals surface area (Å²) >= 11 is 0. The van der Waals surface area contributed by atoms with Gasteiger partial charge in [-0.3, -0.25) is 0 Å². The zero-order valence-electron chi connectivity index (χ0n) is 19.5. The Kier molecular flexibility index (Phi) is 6.10. The number of aryl methyl sites for hydroxylation is 2. The number of rotatable bonds is 8. The Morgan fingerprint density at radius 1 is 0.618 bits per heavy atom. The standard InChI is InChI=1S/C30H28O4/c1-19-17-22(9-11-26(19)33-15-13-31)29-24-7-3-5-21-6-4-8-25(28(21)24)30(29)23-10-12-27(20(2)18-23)34-16-14-32/h3-12,17-18,31-32H,13-16H2,1-2H3. The molecule has 0 bridgehead atoms. The lowest BCUT2D eigenvalue weighted by Gasteiger charge is -2.15. The summed E-state index contributed by atoms with van der Waals surface area (Å²) in [5.41, 5.74) is 9.18. The van der Waals surface area contributed by atoms with Crippen molar-refractivity contribution in [2.24, 2.45) is 0 Å². The van der Waals surface area contributed by atoms with Gasteiger partial charge < -0.3 is 19.7 Å². The van der Waals surface area contributed by atoms with E-state index >= 15 is 0 Å². The molecule has 5 rings (SSSR count). The molecule has 0 fully saturated rings. The molecule has 0 aromatic heterocycles. The smallest absolute Gasteiger partial charge is 0.122 e. The second-order valence-electron chi connectivity index (χ2n) is 8.56. The number of benzene rings is 4. The van der Waals surface area contributed by atoms with Crippen LogP contribution in [-0.4, -0.2) is 36.6 Å². The lowest BCUT2D eigenvalue weighted by molar-refractivity contribution is 0.200. The van der Waals surface area contributed by atoms with Crippen LogP contribution in [0.4, 0.5) is 0 Å². The molecule has 0 saturated heterocycles. The molecular weight excluding hydrogens is 424 g/mol. The number of aliphatic hydroxyl groups excluding tert-OH is 2. The molecule has 4 heteroatoms. The molecule has 0 heterocycles. The highest BCUT2D eigenvalue weighted by Crippen LogP contribution is 2.48. The van der Waals surface area contributed by atoms with Crippen LogP contribution in [0.15, 0.2) is 72.8 Å². The van der Waals surface area contributed by atoms with Crippen molar-refractivity contribution in [1.82, 2.24) is 0 Å². The molecule has 2 N–H and O–H groups in total. The molecule has 4 nitrogen and oxygen atoms in total. The molecule has 4 aromatic carbocycles. The monoisotopic (exact) mass is 452 g/mol. The van der Waals surface area contributed by atoms with Gasteiger partial charge in [-0.15, -0.1) is 0 Å². The summed E-state index contributed by atoms with van der Waals surface area (Å²) in [7, 11) is 0. The Morgan fingerprint density at radius 3 is 1.50 bits per heavy atom. The van der Waals surface area contributed by atoms with Crippen molar-refractivity contribution in [2.75, 3.05) is 26.4 Å². The third-order valence-electron chi connectivity index (χ3n) is 6.32. The molecule has 34 heavy (non-hydrogen) atoms. The lowest BCUT2D eigenvalue weighted by atomic mass is 9.91. The summed E-state index contributed by atoms with van der Waals surface area (Å²) in [5, 5.41) is 20.7. The van der Waals surface area contributed by atoms with E-state index in [0.717, 1.165) is 33.8 Å². The molecule has 0 atom stereocenters. The minimum atomic E-state index is -0.00877. The Balaban J connectivity index is 1.71. The molecule has 1 aliphatic rings. The van der Waals surface area contributed by atoms with Gasteiger partial charge in [0.1, 0.15) is 24.7 Å². The van der Waals surface area contributed by atoms with Gasteiger partial charge in [-0.1, -0.05) is 48.5 Å². The quantitative estimate of drug-likeness (QED) is 0.326. The van der Waals surface area contributed by atoms with E-state index in [1.165, 1.54) is 33.0 Å². The SMILES string of the molecule is Cc1cc(C2=C(c3ccc(OCCO)c(C)c3)c3cccc4cccc2c34)ccc1OCCO. The first kappa shape index (κ1) is 22.2. The molecule has 4 aromatic rings. The molecule has 0 radical (unpaired) electrons. The van der Waals surface area contributed by atoms with Crippen LogP contribution >= 0.6 is 0 Å². The minimum Gasteiger partial charge on any atom is -0.491 e. The van der Waals surface area contributed by atoms with E-state index in [4.69, 9.17) is 19.7 Å². The van der Waals surface area contributed by atoms with E-state index in [1.807, 2.05) is 26.0 Å². The van der Waals surface area contributed by atoms with Crippen molar-refractivity contribution in [3.05, 3.63) is 106 Å². The summed E-state index contributed by atoms with van der Waals surface area (Å²) in [6.07, 6.45) is 0. The Morgan fingerprint density at radius 2 is 1.09 bits per heavy atom. The molecule has 0 spiro atoms. The van der Waals surface area contributed by atoms with Crippen LogP contribution in [0.3, 0.4) is 0 Å². The normalized spacial score (nSPS) is 12.5. The van der Waals surface area contributed by atoms with Gasteiger partial charge in [0.2, 0.25) is 0 Å². The van der Waals surface area contributed by atoms with Gasteiger partial charge in [-0.05, 0) is 93.4 Å². The zero-order valence-corrected chi connectivity index (χ0v) is 19.5. The average molecular weight is 453 g/mol. The molecule has 0 amide bonds. The van der Waals surface area contributed by atoms with Gasteiger partial charge in [0.15, 0.2) is 0 Å². The van der Waals surface area contributed by atoms with Gasteiger partial charge >= 0.3 is 0 Å². The number of ether oxygens (including phenoxy) is 2. The van der Waals surface area contributed by atoms with Gasteiger partial charge in [-0.25, -0.2) is 0 Å². The van der Waals surface area contributed by atoms with Crippen molar-refractivity contribution < 1.29 is 19.7 Å². The van der Waals surface area contributed by atoms with Crippen molar-refractivity contribution in [3.8, 4) is 11.5 Å². The second kappa shape index (κ2) is 9.34. The summed E-state index contributed by atoms with van der Waals surface area (Å²) in [5.74, 6) is 1.57. The highest BCUT2D eigenvalue weighted by molar-refractivity contribution is 6.20. The van der Waals surface area contributed by atoms with E-state index in [-0.39, 0.29) is 26.4 Å². The lowest BCUT2D eigenvalue weighted by Crippen LogP contribution is -2.03. The second-order valence-corrected chi connectivity index (χ2v) is 8.56. The largest absolute Gasteiger partial charge is 0.491 e. The van der Waals surface area contributed by atoms with Crippen LogP contribution in [-0.2, 0) is 0 Å². The third-order valence-corrected chi connectivity index (χ3v) is 6.32. The van der Waals surface area contributed by atoms with Crippen LogP contribution in [0.2, 0.25) is 0 Å². The van der Waals surface area contributed by atoms with E-state index in [9.17, 15) is 0 Å². The van der Waals surface area contributed by atoms with Gasteiger partial charge in [0, 0.05) is 0 Å². The first-order valence-corrected chi connectivity index (χ1v) is 11.6. The molecular formula is C30H28O4. The van der Waals surface area contributed by atoms with Crippen molar-refractivity contribution in [3.63, 3.8) is 0 Å². The first-order valence-electron chi connectivity index (χ1n) is 11.6. The fourth-order valence-corrected chi connectivity index (χ4v) is 4.87. The van der Waals surface area contributed by atoms with Crippen molar-refractivity contribution >= 4 is 21.9 Å². The molecule has 1 aliphatic carbocycles. The Hall–Kier alpha value is -3.60. The molecule has 0 saturated carbocycles. The number of hydrogen-bond acceptors (Lipinski definition) is 4. The van der Waals surface area contributed by atoms with E-state index < -0.39 is 0 Å². The maximum absolute atomic E-state index is 9.13.